The second kappa shape index (κ2) is 3.26. The van der Waals surface area contributed by atoms with E-state index in [1.54, 1.807) is 0 Å². The lowest BCUT2D eigenvalue weighted by Gasteiger charge is -2.11. The Kier molecular flexibility index (Phi) is 2.22. The molecule has 0 aliphatic carbocycles. The summed E-state index contributed by atoms with van der Waals surface area (Å²) in [6, 6.07) is 0. The molecule has 0 N–H and O–H groups in total. The van der Waals surface area contributed by atoms with Crippen LogP contribution >= 0.6 is 0 Å². The van der Waals surface area contributed by atoms with Gasteiger partial charge in [0.1, 0.15) is 5.82 Å². The average molecular weight is 190 g/mol. The van der Waals surface area contributed by atoms with Crippen molar-refractivity contribution in [1.29, 1.82) is 0 Å². The first-order valence-corrected chi connectivity index (χ1v) is 5.38. The molecule has 0 amide bonds. The molecule has 76 valence electrons. The summed E-state index contributed by atoms with van der Waals surface area (Å²) in [5.41, 5.74) is 2.67. The number of nitrogens with zero attached hydrogens (tertiary/aromatic N) is 2. The van der Waals surface area contributed by atoms with Crippen molar-refractivity contribution in [2.24, 2.45) is 0 Å². The molecular formula is C12H18N2. The quantitative estimate of drug-likeness (QED) is 0.700. The third-order valence-electron chi connectivity index (χ3n) is 2.70. The third kappa shape index (κ3) is 1.29. The van der Waals surface area contributed by atoms with Gasteiger partial charge in [-0.2, -0.15) is 0 Å². The van der Waals surface area contributed by atoms with Crippen LogP contribution in [0.2, 0.25) is 0 Å². The zero-order valence-electron chi connectivity index (χ0n) is 9.41. The van der Waals surface area contributed by atoms with Gasteiger partial charge in [-0.15, -0.1) is 0 Å². The van der Waals surface area contributed by atoms with E-state index in [0.29, 0.717) is 11.8 Å². The van der Waals surface area contributed by atoms with Crippen LogP contribution in [-0.2, 0) is 6.42 Å². The summed E-state index contributed by atoms with van der Waals surface area (Å²) >= 11 is 0. The van der Waals surface area contributed by atoms with Gasteiger partial charge < -0.3 is 4.57 Å². The van der Waals surface area contributed by atoms with Crippen LogP contribution in [0.15, 0.2) is 6.08 Å². The zero-order valence-corrected chi connectivity index (χ0v) is 9.41. The third-order valence-corrected chi connectivity index (χ3v) is 2.70. The Hall–Kier alpha value is -1.05. The van der Waals surface area contributed by atoms with E-state index < -0.39 is 0 Å². The van der Waals surface area contributed by atoms with Crippen LogP contribution in [0.4, 0.5) is 0 Å². The van der Waals surface area contributed by atoms with Crippen LogP contribution in [0.1, 0.15) is 56.7 Å². The Labute approximate surface area is 85.7 Å². The highest BCUT2D eigenvalue weighted by Crippen LogP contribution is 2.29. The van der Waals surface area contributed by atoms with Gasteiger partial charge in [-0.25, -0.2) is 4.98 Å². The van der Waals surface area contributed by atoms with Crippen LogP contribution in [0, 0.1) is 0 Å². The predicted octanol–water partition coefficient (Wildman–Crippen LogP) is 3.16. The van der Waals surface area contributed by atoms with E-state index >= 15 is 0 Å². The number of imidazole rings is 1. The van der Waals surface area contributed by atoms with Gasteiger partial charge in [-0.05, 0) is 11.8 Å². The standard InChI is InChI=1S/C12H18N2/c1-8(2)11-12(9(3)4)14-7-5-6-10(14)13-11/h5,7-9H,6H2,1-4H3. The van der Waals surface area contributed by atoms with Gasteiger partial charge in [0, 0.05) is 18.3 Å². The molecule has 0 atom stereocenters. The van der Waals surface area contributed by atoms with Crippen molar-refractivity contribution in [2.45, 2.75) is 46.0 Å². The van der Waals surface area contributed by atoms with Gasteiger partial charge in [-0.1, -0.05) is 33.8 Å². The summed E-state index contributed by atoms with van der Waals surface area (Å²) in [6.07, 6.45) is 5.33. The van der Waals surface area contributed by atoms with E-state index in [9.17, 15) is 0 Å². The van der Waals surface area contributed by atoms with E-state index in [1.165, 1.54) is 17.2 Å². The van der Waals surface area contributed by atoms with Crippen LogP contribution < -0.4 is 0 Å². The van der Waals surface area contributed by atoms with Crippen LogP contribution in [0.5, 0.6) is 0 Å². The molecule has 0 fully saturated rings. The lowest BCUT2D eigenvalue weighted by atomic mass is 10.0. The largest absolute Gasteiger partial charge is 0.307 e. The van der Waals surface area contributed by atoms with Gasteiger partial charge in [-0.3, -0.25) is 0 Å². The maximum Gasteiger partial charge on any atom is 0.117 e. The maximum absolute atomic E-state index is 4.71. The first-order valence-electron chi connectivity index (χ1n) is 5.38. The second-order valence-corrected chi connectivity index (χ2v) is 4.57. The van der Waals surface area contributed by atoms with Gasteiger partial charge >= 0.3 is 0 Å². The second-order valence-electron chi connectivity index (χ2n) is 4.57. The van der Waals surface area contributed by atoms with Crippen LogP contribution in [0.3, 0.4) is 0 Å². The fraction of sp³-hybridized carbons (Fsp3) is 0.583. The molecule has 1 aromatic rings. The van der Waals surface area contributed by atoms with Crippen molar-refractivity contribution >= 4 is 6.20 Å². The van der Waals surface area contributed by atoms with Crippen molar-refractivity contribution in [3.63, 3.8) is 0 Å². The van der Waals surface area contributed by atoms with E-state index in [2.05, 4.69) is 44.5 Å². The molecule has 2 rings (SSSR count). The molecule has 0 radical (unpaired) electrons. The Morgan fingerprint density at radius 3 is 2.50 bits per heavy atom. The molecule has 14 heavy (non-hydrogen) atoms. The molecule has 2 heterocycles. The highest BCUT2D eigenvalue weighted by Gasteiger charge is 2.21. The van der Waals surface area contributed by atoms with E-state index in [0.717, 1.165) is 6.42 Å². The smallest absolute Gasteiger partial charge is 0.117 e. The van der Waals surface area contributed by atoms with Crippen molar-refractivity contribution in [3.8, 4) is 0 Å². The lowest BCUT2D eigenvalue weighted by Crippen LogP contribution is -2.01. The maximum atomic E-state index is 4.71. The Morgan fingerprint density at radius 2 is 1.93 bits per heavy atom. The molecule has 1 aliphatic heterocycles. The number of hydrogen-bond acceptors (Lipinski definition) is 1. The molecule has 1 aliphatic rings. The molecule has 2 nitrogen and oxygen atoms in total. The number of rotatable bonds is 2. The number of allylic oxidation sites excluding steroid dienone is 1. The predicted molar refractivity (Wildman–Crippen MR) is 59.4 cm³/mol. The fourth-order valence-electron chi connectivity index (χ4n) is 2.09. The summed E-state index contributed by atoms with van der Waals surface area (Å²) < 4.78 is 2.26. The summed E-state index contributed by atoms with van der Waals surface area (Å²) in [6.45, 7) is 8.91. The van der Waals surface area contributed by atoms with Gasteiger partial charge in [0.15, 0.2) is 0 Å². The SMILES string of the molecule is CC(C)c1nc2n(c1C(C)C)C=CC2. The highest BCUT2D eigenvalue weighted by atomic mass is 15.1. The van der Waals surface area contributed by atoms with Crippen LogP contribution in [-0.4, -0.2) is 9.55 Å². The van der Waals surface area contributed by atoms with E-state index in [4.69, 9.17) is 4.98 Å². The first-order chi connectivity index (χ1) is 6.61. The van der Waals surface area contributed by atoms with Gasteiger partial charge in [0.2, 0.25) is 0 Å². The zero-order chi connectivity index (χ0) is 10.3. The minimum atomic E-state index is 0.527. The minimum absolute atomic E-state index is 0.527. The molecular weight excluding hydrogens is 172 g/mol. The van der Waals surface area contributed by atoms with Crippen molar-refractivity contribution in [3.05, 3.63) is 23.3 Å². The van der Waals surface area contributed by atoms with Crippen molar-refractivity contribution in [1.82, 2.24) is 9.55 Å². The van der Waals surface area contributed by atoms with E-state index in [-0.39, 0.29) is 0 Å². The molecule has 2 heteroatoms. The average Bonchev–Trinajstić information content (AvgIpc) is 2.58. The molecule has 1 aromatic heterocycles. The molecule has 0 spiro atoms. The molecule has 0 saturated heterocycles. The summed E-state index contributed by atoms with van der Waals surface area (Å²) in [7, 11) is 0. The fourth-order valence-corrected chi connectivity index (χ4v) is 2.09. The van der Waals surface area contributed by atoms with E-state index in [1.807, 2.05) is 0 Å². The lowest BCUT2D eigenvalue weighted by molar-refractivity contribution is 0.744. The normalized spacial score (nSPS) is 14.4. The summed E-state index contributed by atoms with van der Waals surface area (Å²) in [5, 5.41) is 0. The van der Waals surface area contributed by atoms with Gasteiger partial charge in [0.05, 0.1) is 5.69 Å². The highest BCUT2D eigenvalue weighted by molar-refractivity contribution is 5.41. The van der Waals surface area contributed by atoms with Crippen LogP contribution in [0.25, 0.3) is 6.20 Å². The monoisotopic (exact) mass is 190 g/mol. The molecule has 0 bridgehead atoms. The van der Waals surface area contributed by atoms with Gasteiger partial charge in [0.25, 0.3) is 0 Å². The summed E-state index contributed by atoms with van der Waals surface area (Å²) in [5.74, 6) is 2.28. The molecule has 0 unspecified atom stereocenters. The Balaban J connectivity index is 2.57. The number of hydrogen-bond donors (Lipinski definition) is 0. The molecule has 0 saturated carbocycles. The Morgan fingerprint density at radius 1 is 1.21 bits per heavy atom. The number of aromatic nitrogens is 2. The minimum Gasteiger partial charge on any atom is -0.307 e. The Bertz CT molecular complexity index is 370. The number of fused-ring (bicyclic) bond motifs is 1. The van der Waals surface area contributed by atoms with Crippen molar-refractivity contribution in [2.75, 3.05) is 0 Å². The summed E-state index contributed by atoms with van der Waals surface area (Å²) in [4.78, 5) is 4.71. The topological polar surface area (TPSA) is 17.8 Å². The first kappa shape index (κ1) is 9.50. The molecule has 0 aromatic carbocycles. The van der Waals surface area contributed by atoms with Crippen molar-refractivity contribution < 1.29 is 0 Å².